The van der Waals surface area contributed by atoms with Crippen LogP contribution in [-0.4, -0.2) is 49.8 Å². The van der Waals surface area contributed by atoms with E-state index in [1.807, 2.05) is 11.8 Å². The molecule has 2 fully saturated rings. The maximum absolute atomic E-state index is 11.7. The first-order valence-electron chi connectivity index (χ1n) is 10.6. The molecule has 0 heterocycles. The number of ether oxygens (including phenoxy) is 2. The van der Waals surface area contributed by atoms with Crippen molar-refractivity contribution in [3.8, 4) is 0 Å². The number of alkyl halides is 1. The van der Waals surface area contributed by atoms with Gasteiger partial charge in [0, 0.05) is 5.33 Å². The van der Waals surface area contributed by atoms with Crippen molar-refractivity contribution in [3.05, 3.63) is 0 Å². The van der Waals surface area contributed by atoms with Crippen molar-refractivity contribution in [1.82, 2.24) is 0 Å². The fourth-order valence-corrected chi connectivity index (χ4v) is 5.32. The van der Waals surface area contributed by atoms with Gasteiger partial charge in [0.2, 0.25) is 0 Å². The van der Waals surface area contributed by atoms with Crippen LogP contribution in [0.25, 0.3) is 0 Å². The van der Waals surface area contributed by atoms with Crippen LogP contribution < -0.4 is 29.6 Å². The molecule has 0 saturated heterocycles. The van der Waals surface area contributed by atoms with E-state index in [1.165, 1.54) is 39.9 Å². The maximum atomic E-state index is 11.7. The average Bonchev–Trinajstić information content (AvgIpc) is 3.44. The number of hydrogen-bond donors (Lipinski definition) is 0. The standard InChI is InChI=1S/C11H20O2S.C10H17BrO2.CH4S.Na/c1-13-10(12)11(6-3-4-7-11)8-5-9-14-2;1-13-9(12)10(7-4-8-11)5-2-3-6-10;1-2;/h3-9H2,1-2H3;2-8H2,1H3;2H,1H3;/q;;;+1/p-1. The first-order chi connectivity index (χ1) is 14.0. The monoisotopic (exact) mass is 534 g/mol. The second-order valence-corrected chi connectivity index (χ2v) is 9.63. The Labute approximate surface area is 225 Å². The third kappa shape index (κ3) is 10.8. The second-order valence-electron chi connectivity index (χ2n) is 7.85. The summed E-state index contributed by atoms with van der Waals surface area (Å²) < 4.78 is 9.80. The topological polar surface area (TPSA) is 52.6 Å². The van der Waals surface area contributed by atoms with Gasteiger partial charge in [-0.15, -0.1) is 0 Å². The summed E-state index contributed by atoms with van der Waals surface area (Å²) >= 11 is 9.33. The minimum absolute atomic E-state index is 0. The predicted molar refractivity (Wildman–Crippen MR) is 130 cm³/mol. The molecule has 0 atom stereocenters. The number of halogens is 1. The largest absolute Gasteiger partial charge is 1.00 e. The Balaban J connectivity index is 0. The van der Waals surface area contributed by atoms with E-state index in [9.17, 15) is 9.59 Å². The number of hydrogen-bond acceptors (Lipinski definition) is 6. The van der Waals surface area contributed by atoms with E-state index in [2.05, 4.69) is 34.8 Å². The molecule has 0 aliphatic heterocycles. The molecule has 0 spiro atoms. The van der Waals surface area contributed by atoms with E-state index in [1.54, 1.807) is 6.26 Å². The molecule has 8 heteroatoms. The molecule has 2 aliphatic rings. The van der Waals surface area contributed by atoms with Crippen molar-refractivity contribution in [2.45, 2.75) is 77.0 Å². The molecule has 0 aromatic carbocycles. The molecule has 0 amide bonds. The summed E-state index contributed by atoms with van der Waals surface area (Å²) in [5.74, 6) is 1.18. The Morgan fingerprint density at radius 2 is 1.23 bits per heavy atom. The fraction of sp³-hybridized carbons (Fsp3) is 0.909. The van der Waals surface area contributed by atoms with Gasteiger partial charge in [-0.3, -0.25) is 9.59 Å². The van der Waals surface area contributed by atoms with Crippen LogP contribution in [0.5, 0.6) is 0 Å². The van der Waals surface area contributed by atoms with Crippen LogP contribution in [-0.2, 0) is 31.7 Å². The van der Waals surface area contributed by atoms with Crippen LogP contribution in [0.2, 0.25) is 0 Å². The maximum Gasteiger partial charge on any atom is 1.00 e. The molecular weight excluding hydrogens is 495 g/mol. The van der Waals surface area contributed by atoms with E-state index in [0.717, 1.165) is 62.4 Å². The van der Waals surface area contributed by atoms with Crippen LogP contribution in [0, 0.1) is 10.8 Å². The molecule has 0 aromatic rings. The molecule has 2 aliphatic carbocycles. The quantitative estimate of drug-likeness (QED) is 0.149. The molecule has 0 aromatic heterocycles. The molecular formula is C22H40BrNaO4S2. The first-order valence-corrected chi connectivity index (χ1v) is 14.0. The molecule has 2 rings (SSSR count). The SMILES string of the molecule is COC(=O)C1(CCCBr)CCCC1.COC(=O)C1(CCCSC)CCCC1.C[S-].[Na+]. The van der Waals surface area contributed by atoms with Gasteiger partial charge in [-0.05, 0) is 63.4 Å². The zero-order valence-corrected chi connectivity index (χ0v) is 24.9. The third-order valence-electron chi connectivity index (χ3n) is 6.15. The number of methoxy groups -OCH3 is 2. The molecule has 172 valence electrons. The number of thioether (sulfide) groups is 1. The second kappa shape index (κ2) is 19.6. The van der Waals surface area contributed by atoms with Crippen molar-refractivity contribution in [2.75, 3.05) is 37.8 Å². The minimum Gasteiger partial charge on any atom is -0.796 e. The zero-order valence-electron chi connectivity index (χ0n) is 19.7. The fourth-order valence-electron chi connectivity index (χ4n) is 4.61. The minimum atomic E-state index is -0.136. The molecule has 0 N–H and O–H groups in total. The summed E-state index contributed by atoms with van der Waals surface area (Å²) in [5.41, 5.74) is -0.257. The van der Waals surface area contributed by atoms with Crippen LogP contribution in [0.4, 0.5) is 0 Å². The third-order valence-corrected chi connectivity index (χ3v) is 7.41. The van der Waals surface area contributed by atoms with Gasteiger partial charge in [0.25, 0.3) is 0 Å². The van der Waals surface area contributed by atoms with Crippen molar-refractivity contribution in [3.63, 3.8) is 0 Å². The van der Waals surface area contributed by atoms with Crippen molar-refractivity contribution >= 4 is 52.3 Å². The summed E-state index contributed by atoms with van der Waals surface area (Å²) in [5, 5.41) is 0.978. The predicted octanol–water partition coefficient (Wildman–Crippen LogP) is 2.93. The van der Waals surface area contributed by atoms with E-state index >= 15 is 0 Å². The molecule has 0 bridgehead atoms. The first kappa shape index (κ1) is 33.3. The van der Waals surface area contributed by atoms with Gasteiger partial charge in [0.05, 0.1) is 25.0 Å². The van der Waals surface area contributed by atoms with Crippen LogP contribution in [0.3, 0.4) is 0 Å². The summed E-state index contributed by atoms with van der Waals surface area (Å²) in [6, 6.07) is 0. The number of carbonyl (C=O) groups is 2. The summed E-state index contributed by atoms with van der Waals surface area (Å²) in [6.07, 6.45) is 16.7. The Bertz CT molecular complexity index is 454. The smallest absolute Gasteiger partial charge is 0.796 e. The molecule has 2 saturated carbocycles. The van der Waals surface area contributed by atoms with Crippen molar-refractivity contribution < 1.29 is 48.6 Å². The van der Waals surface area contributed by atoms with Gasteiger partial charge in [0.15, 0.2) is 0 Å². The van der Waals surface area contributed by atoms with Gasteiger partial charge in [-0.25, -0.2) is 0 Å². The van der Waals surface area contributed by atoms with Crippen LogP contribution in [0.1, 0.15) is 77.0 Å². The van der Waals surface area contributed by atoms with Gasteiger partial charge in [-0.2, -0.15) is 18.0 Å². The molecule has 0 radical (unpaired) electrons. The van der Waals surface area contributed by atoms with Gasteiger partial charge in [-0.1, -0.05) is 41.6 Å². The Kier molecular flexibility index (Phi) is 21.7. The van der Waals surface area contributed by atoms with Crippen LogP contribution >= 0.6 is 27.7 Å². The number of rotatable bonds is 9. The summed E-state index contributed by atoms with van der Waals surface area (Å²) in [4.78, 5) is 23.3. The number of esters is 2. The van der Waals surface area contributed by atoms with E-state index in [0.29, 0.717) is 0 Å². The van der Waals surface area contributed by atoms with E-state index in [-0.39, 0.29) is 52.3 Å². The van der Waals surface area contributed by atoms with Crippen LogP contribution in [0.15, 0.2) is 0 Å². The van der Waals surface area contributed by atoms with Gasteiger partial charge in [0.1, 0.15) is 0 Å². The Morgan fingerprint density at radius 1 is 0.867 bits per heavy atom. The summed E-state index contributed by atoms with van der Waals surface area (Å²) in [7, 11) is 3.01. The molecule has 4 nitrogen and oxygen atoms in total. The molecule has 0 unspecified atom stereocenters. The normalized spacial score (nSPS) is 18.1. The summed E-state index contributed by atoms with van der Waals surface area (Å²) in [6.45, 7) is 0. The van der Waals surface area contributed by atoms with E-state index in [4.69, 9.17) is 9.47 Å². The Morgan fingerprint density at radius 3 is 1.53 bits per heavy atom. The van der Waals surface area contributed by atoms with Crippen molar-refractivity contribution in [1.29, 1.82) is 0 Å². The average molecular weight is 536 g/mol. The van der Waals surface area contributed by atoms with Gasteiger partial charge >= 0.3 is 41.5 Å². The number of carbonyl (C=O) groups excluding carboxylic acids is 2. The Hall–Kier alpha value is 1.12. The van der Waals surface area contributed by atoms with Gasteiger partial charge < -0.3 is 22.1 Å². The molecule has 30 heavy (non-hydrogen) atoms. The van der Waals surface area contributed by atoms with E-state index < -0.39 is 0 Å². The zero-order chi connectivity index (χ0) is 22.2. The van der Waals surface area contributed by atoms with Crippen molar-refractivity contribution in [2.24, 2.45) is 10.8 Å².